The molecule has 0 bridgehead atoms. The number of hydrogen-bond acceptors (Lipinski definition) is 5. The van der Waals surface area contributed by atoms with Gasteiger partial charge in [-0.15, -0.1) is 0 Å². The molecular formula is C16H18N4O3. The summed E-state index contributed by atoms with van der Waals surface area (Å²) in [5.74, 6) is 0.120. The Kier molecular flexibility index (Phi) is 4.36. The maximum absolute atomic E-state index is 12.5. The van der Waals surface area contributed by atoms with Crippen LogP contribution in [0.3, 0.4) is 0 Å². The number of aryl methyl sites for hydroxylation is 1. The molecule has 1 atom stereocenters. The molecule has 0 spiro atoms. The van der Waals surface area contributed by atoms with Crippen LogP contribution in [0.25, 0.3) is 0 Å². The third-order valence-electron chi connectivity index (χ3n) is 3.81. The molecule has 0 aromatic carbocycles. The number of carbonyl (C=O) groups is 1. The van der Waals surface area contributed by atoms with E-state index in [0.29, 0.717) is 24.5 Å². The highest BCUT2D eigenvalue weighted by molar-refractivity contribution is 5.96. The lowest BCUT2D eigenvalue weighted by Crippen LogP contribution is -2.39. The van der Waals surface area contributed by atoms with Crippen molar-refractivity contribution in [3.63, 3.8) is 0 Å². The van der Waals surface area contributed by atoms with Gasteiger partial charge in [-0.25, -0.2) is 10.1 Å². The fourth-order valence-corrected chi connectivity index (χ4v) is 2.74. The van der Waals surface area contributed by atoms with E-state index in [1.807, 2.05) is 6.92 Å². The predicted molar refractivity (Wildman–Crippen MR) is 83.5 cm³/mol. The van der Waals surface area contributed by atoms with Gasteiger partial charge in [0.25, 0.3) is 11.5 Å². The maximum Gasteiger partial charge on any atom is 0.264 e. The number of aromatic amines is 1. The Labute approximate surface area is 133 Å². The zero-order valence-corrected chi connectivity index (χ0v) is 12.8. The fraction of sp³-hybridized carbons (Fsp3) is 0.375. The van der Waals surface area contributed by atoms with E-state index in [4.69, 9.17) is 4.74 Å². The number of amides is 1. The van der Waals surface area contributed by atoms with Gasteiger partial charge < -0.3 is 10.1 Å². The summed E-state index contributed by atoms with van der Waals surface area (Å²) in [6.07, 6.45) is 3.70. The molecule has 2 aromatic heterocycles. The van der Waals surface area contributed by atoms with Crippen LogP contribution in [0.2, 0.25) is 0 Å². The summed E-state index contributed by atoms with van der Waals surface area (Å²) in [4.78, 5) is 27.9. The highest BCUT2D eigenvalue weighted by atomic mass is 16.5. The molecule has 0 fully saturated rings. The summed E-state index contributed by atoms with van der Waals surface area (Å²) in [6, 6.07) is 4.91. The SMILES string of the molecule is CCOc1ncccc1C(=O)NC1CCc2n[nH]c(=O)cc2C1. The van der Waals surface area contributed by atoms with Crippen molar-refractivity contribution < 1.29 is 9.53 Å². The van der Waals surface area contributed by atoms with Crippen LogP contribution in [0, 0.1) is 0 Å². The molecule has 7 nitrogen and oxygen atoms in total. The molecule has 1 amide bonds. The molecule has 0 saturated carbocycles. The lowest BCUT2D eigenvalue weighted by atomic mass is 9.92. The molecule has 7 heteroatoms. The van der Waals surface area contributed by atoms with E-state index < -0.39 is 0 Å². The summed E-state index contributed by atoms with van der Waals surface area (Å²) in [5, 5.41) is 9.49. The van der Waals surface area contributed by atoms with Crippen LogP contribution in [0.4, 0.5) is 0 Å². The van der Waals surface area contributed by atoms with Crippen molar-refractivity contribution in [2.45, 2.75) is 32.2 Å². The first-order valence-electron chi connectivity index (χ1n) is 7.63. The Hall–Kier alpha value is -2.70. The lowest BCUT2D eigenvalue weighted by Gasteiger charge is -2.24. The summed E-state index contributed by atoms with van der Waals surface area (Å²) < 4.78 is 5.39. The first-order valence-corrected chi connectivity index (χ1v) is 7.63. The maximum atomic E-state index is 12.5. The van der Waals surface area contributed by atoms with E-state index in [-0.39, 0.29) is 17.5 Å². The molecule has 1 aliphatic carbocycles. The molecule has 2 heterocycles. The van der Waals surface area contributed by atoms with E-state index >= 15 is 0 Å². The second-order valence-corrected chi connectivity index (χ2v) is 5.41. The number of nitrogens with one attached hydrogen (secondary N) is 2. The first-order chi connectivity index (χ1) is 11.2. The molecule has 120 valence electrons. The molecule has 0 saturated heterocycles. The molecule has 1 unspecified atom stereocenters. The highest BCUT2D eigenvalue weighted by Crippen LogP contribution is 2.19. The Morgan fingerprint density at radius 3 is 3.22 bits per heavy atom. The fourth-order valence-electron chi connectivity index (χ4n) is 2.74. The Morgan fingerprint density at radius 1 is 1.52 bits per heavy atom. The molecular weight excluding hydrogens is 296 g/mol. The molecule has 0 radical (unpaired) electrons. The topological polar surface area (TPSA) is 97.0 Å². The van der Waals surface area contributed by atoms with Gasteiger partial charge in [-0.3, -0.25) is 9.59 Å². The van der Waals surface area contributed by atoms with Gasteiger partial charge in [0.2, 0.25) is 5.88 Å². The molecule has 1 aliphatic rings. The number of aromatic nitrogens is 3. The van der Waals surface area contributed by atoms with Gasteiger partial charge in [-0.2, -0.15) is 5.10 Å². The molecule has 3 rings (SSSR count). The van der Waals surface area contributed by atoms with Crippen molar-refractivity contribution in [2.24, 2.45) is 0 Å². The van der Waals surface area contributed by atoms with Crippen molar-refractivity contribution in [2.75, 3.05) is 6.61 Å². The summed E-state index contributed by atoms with van der Waals surface area (Å²) in [5.41, 5.74) is 1.98. The van der Waals surface area contributed by atoms with Gasteiger partial charge in [0.1, 0.15) is 5.56 Å². The smallest absolute Gasteiger partial charge is 0.264 e. The highest BCUT2D eigenvalue weighted by Gasteiger charge is 2.23. The van der Waals surface area contributed by atoms with Crippen molar-refractivity contribution in [1.29, 1.82) is 0 Å². The quantitative estimate of drug-likeness (QED) is 0.872. The number of ether oxygens (including phenoxy) is 1. The minimum atomic E-state index is -0.221. The van der Waals surface area contributed by atoms with Crippen LogP contribution in [-0.2, 0) is 12.8 Å². The predicted octanol–water partition coefficient (Wildman–Crippen LogP) is 0.851. The Balaban J connectivity index is 1.73. The minimum absolute atomic E-state index is 0.0340. The number of H-pyrrole nitrogens is 1. The number of nitrogens with zero attached hydrogens (tertiary/aromatic N) is 2. The summed E-state index contributed by atoms with van der Waals surface area (Å²) in [7, 11) is 0. The number of pyridine rings is 1. The van der Waals surface area contributed by atoms with Crippen LogP contribution in [0.5, 0.6) is 5.88 Å². The zero-order chi connectivity index (χ0) is 16.2. The molecule has 23 heavy (non-hydrogen) atoms. The van der Waals surface area contributed by atoms with E-state index in [2.05, 4.69) is 20.5 Å². The third-order valence-corrected chi connectivity index (χ3v) is 3.81. The Morgan fingerprint density at radius 2 is 2.39 bits per heavy atom. The molecule has 0 aliphatic heterocycles. The van der Waals surface area contributed by atoms with Crippen molar-refractivity contribution in [3.05, 3.63) is 51.6 Å². The molecule has 2 N–H and O–H groups in total. The average molecular weight is 314 g/mol. The zero-order valence-electron chi connectivity index (χ0n) is 12.8. The number of carbonyl (C=O) groups excluding carboxylic acids is 1. The van der Waals surface area contributed by atoms with Crippen LogP contribution in [0.15, 0.2) is 29.2 Å². The second-order valence-electron chi connectivity index (χ2n) is 5.41. The van der Waals surface area contributed by atoms with Crippen molar-refractivity contribution >= 4 is 5.91 Å². The summed E-state index contributed by atoms with van der Waals surface area (Å²) >= 11 is 0. The van der Waals surface area contributed by atoms with Gasteiger partial charge in [0.05, 0.1) is 12.3 Å². The lowest BCUT2D eigenvalue weighted by molar-refractivity contribution is 0.0928. The third kappa shape index (κ3) is 3.39. The Bertz CT molecular complexity index is 772. The first kappa shape index (κ1) is 15.2. The van der Waals surface area contributed by atoms with Crippen LogP contribution < -0.4 is 15.6 Å². The van der Waals surface area contributed by atoms with Crippen molar-refractivity contribution in [1.82, 2.24) is 20.5 Å². The van der Waals surface area contributed by atoms with Gasteiger partial charge in [0.15, 0.2) is 0 Å². The van der Waals surface area contributed by atoms with Gasteiger partial charge in [0, 0.05) is 18.3 Å². The molecule has 2 aromatic rings. The van der Waals surface area contributed by atoms with E-state index in [0.717, 1.165) is 24.1 Å². The minimum Gasteiger partial charge on any atom is -0.477 e. The van der Waals surface area contributed by atoms with E-state index in [9.17, 15) is 9.59 Å². The van der Waals surface area contributed by atoms with Crippen LogP contribution >= 0.6 is 0 Å². The van der Waals surface area contributed by atoms with Crippen LogP contribution in [0.1, 0.15) is 35.0 Å². The van der Waals surface area contributed by atoms with Gasteiger partial charge in [-0.1, -0.05) is 0 Å². The van der Waals surface area contributed by atoms with Crippen molar-refractivity contribution in [3.8, 4) is 5.88 Å². The largest absolute Gasteiger partial charge is 0.477 e. The number of fused-ring (bicyclic) bond motifs is 1. The average Bonchev–Trinajstić information content (AvgIpc) is 2.55. The normalized spacial score (nSPS) is 16.5. The summed E-state index contributed by atoms with van der Waals surface area (Å²) in [6.45, 7) is 2.29. The van der Waals surface area contributed by atoms with E-state index in [1.54, 1.807) is 24.4 Å². The number of hydrogen-bond donors (Lipinski definition) is 2. The standard InChI is InChI=1S/C16H18N4O3/c1-2-23-16-12(4-3-7-17-16)15(22)18-11-5-6-13-10(8-11)9-14(21)20-19-13/h3-4,7,9,11H,2,5-6,8H2,1H3,(H,18,22)(H,20,21). The van der Waals surface area contributed by atoms with E-state index in [1.165, 1.54) is 0 Å². The monoisotopic (exact) mass is 314 g/mol. The van der Waals surface area contributed by atoms with Gasteiger partial charge in [-0.05, 0) is 43.9 Å². The second kappa shape index (κ2) is 6.60. The van der Waals surface area contributed by atoms with Crippen LogP contribution in [-0.4, -0.2) is 33.7 Å². The van der Waals surface area contributed by atoms with Gasteiger partial charge >= 0.3 is 0 Å². The number of rotatable bonds is 4.